The van der Waals surface area contributed by atoms with Gasteiger partial charge in [-0.25, -0.2) is 0 Å². The number of rotatable bonds is 6. The Morgan fingerprint density at radius 1 is 1.14 bits per heavy atom. The van der Waals surface area contributed by atoms with Crippen LogP contribution in [0, 0.1) is 6.92 Å². The maximum atomic E-state index is 12.6. The number of amides is 1. The minimum Gasteiger partial charge on any atom is -0.349 e. The third-order valence-electron chi connectivity index (χ3n) is 5.77. The lowest BCUT2D eigenvalue weighted by atomic mass is 9.95. The van der Waals surface area contributed by atoms with E-state index < -0.39 is 0 Å². The van der Waals surface area contributed by atoms with Gasteiger partial charge in [0, 0.05) is 6.04 Å². The summed E-state index contributed by atoms with van der Waals surface area (Å²) < 4.78 is 2.24. The number of benzene rings is 2. The first kappa shape index (κ1) is 20.0. The average molecular weight is 409 g/mol. The van der Waals surface area contributed by atoms with Gasteiger partial charge < -0.3 is 9.88 Å². The second kappa shape index (κ2) is 8.99. The summed E-state index contributed by atoms with van der Waals surface area (Å²) in [5.41, 5.74) is 1.14. The van der Waals surface area contributed by atoms with Crippen LogP contribution in [0.2, 0.25) is 0 Å². The van der Waals surface area contributed by atoms with Gasteiger partial charge in [-0.15, -0.1) is 10.2 Å². The number of nitrogens with zero attached hydrogens (tertiary/aromatic N) is 3. The van der Waals surface area contributed by atoms with E-state index in [-0.39, 0.29) is 11.9 Å². The van der Waals surface area contributed by atoms with Gasteiger partial charge >= 0.3 is 0 Å². The molecule has 6 heteroatoms. The van der Waals surface area contributed by atoms with Crippen LogP contribution in [-0.4, -0.2) is 26.4 Å². The highest BCUT2D eigenvalue weighted by molar-refractivity contribution is 7.99. The first-order chi connectivity index (χ1) is 14.1. The van der Waals surface area contributed by atoms with Crippen LogP contribution in [0.5, 0.6) is 0 Å². The Labute approximate surface area is 176 Å². The molecule has 0 unspecified atom stereocenters. The molecule has 0 saturated heterocycles. The van der Waals surface area contributed by atoms with E-state index in [1.807, 2.05) is 32.0 Å². The summed E-state index contributed by atoms with van der Waals surface area (Å²) in [5, 5.41) is 15.0. The highest BCUT2D eigenvalue weighted by atomic mass is 32.2. The van der Waals surface area contributed by atoms with Gasteiger partial charge in [0.1, 0.15) is 5.82 Å². The Kier molecular flexibility index (Phi) is 6.19. The van der Waals surface area contributed by atoms with Crippen LogP contribution < -0.4 is 5.32 Å². The molecule has 1 aromatic heterocycles. The third-order valence-corrected chi connectivity index (χ3v) is 6.72. The monoisotopic (exact) mass is 408 g/mol. The molecule has 3 aromatic rings. The van der Waals surface area contributed by atoms with Crippen molar-refractivity contribution in [1.82, 2.24) is 20.1 Å². The van der Waals surface area contributed by atoms with Crippen LogP contribution in [-0.2, 0) is 4.79 Å². The molecule has 4 rings (SSSR count). The Bertz CT molecular complexity index is 988. The molecule has 2 aromatic carbocycles. The van der Waals surface area contributed by atoms with Gasteiger partial charge in [0.15, 0.2) is 5.16 Å². The van der Waals surface area contributed by atoms with Crippen LogP contribution in [0.4, 0.5) is 0 Å². The molecular weight excluding hydrogens is 380 g/mol. The normalized spacial score (nSPS) is 16.1. The molecule has 0 bridgehead atoms. The van der Waals surface area contributed by atoms with Crippen LogP contribution in [0.25, 0.3) is 10.8 Å². The molecule has 1 aliphatic rings. The summed E-state index contributed by atoms with van der Waals surface area (Å²) in [6.07, 6.45) is 6.19. The minimum atomic E-state index is -0.0489. The second-order valence-electron chi connectivity index (χ2n) is 7.84. The number of aryl methyl sites for hydroxylation is 1. The van der Waals surface area contributed by atoms with E-state index in [2.05, 4.69) is 44.3 Å². The van der Waals surface area contributed by atoms with Gasteiger partial charge in [0.05, 0.1) is 11.8 Å². The van der Waals surface area contributed by atoms with Crippen molar-refractivity contribution in [3.05, 3.63) is 53.9 Å². The van der Waals surface area contributed by atoms with Gasteiger partial charge in [0.2, 0.25) is 5.91 Å². The number of aromatic nitrogens is 3. The van der Waals surface area contributed by atoms with Crippen molar-refractivity contribution >= 4 is 28.4 Å². The van der Waals surface area contributed by atoms with Crippen molar-refractivity contribution in [2.75, 3.05) is 5.75 Å². The molecule has 1 heterocycles. The lowest BCUT2D eigenvalue weighted by molar-refractivity contribution is -0.119. The van der Waals surface area contributed by atoms with Crippen LogP contribution in [0.1, 0.15) is 62.5 Å². The van der Waals surface area contributed by atoms with E-state index in [0.29, 0.717) is 11.8 Å². The Balaban J connectivity index is 1.40. The number of fused-ring (bicyclic) bond motifs is 1. The molecule has 1 saturated carbocycles. The molecule has 1 atom stereocenters. The van der Waals surface area contributed by atoms with Gasteiger partial charge in [-0.1, -0.05) is 73.5 Å². The van der Waals surface area contributed by atoms with Crippen molar-refractivity contribution in [1.29, 1.82) is 0 Å². The smallest absolute Gasteiger partial charge is 0.230 e. The zero-order chi connectivity index (χ0) is 20.2. The van der Waals surface area contributed by atoms with Gasteiger partial charge in [-0.3, -0.25) is 4.79 Å². The van der Waals surface area contributed by atoms with Crippen LogP contribution >= 0.6 is 11.8 Å². The fourth-order valence-corrected chi connectivity index (χ4v) is 5.19. The SMILES string of the molecule is Cc1nnc(SCC(=O)N[C@@H](C)c2cccc3ccccc23)n1C1CCCCC1. The molecule has 152 valence electrons. The first-order valence-electron chi connectivity index (χ1n) is 10.4. The van der Waals surface area contributed by atoms with Gasteiger partial charge in [-0.05, 0) is 43.0 Å². The molecule has 5 nitrogen and oxygen atoms in total. The number of hydrogen-bond donors (Lipinski definition) is 1. The molecular formula is C23H28N4OS. The zero-order valence-corrected chi connectivity index (χ0v) is 17.9. The van der Waals surface area contributed by atoms with E-state index in [4.69, 9.17) is 0 Å². The molecule has 1 fully saturated rings. The first-order valence-corrected chi connectivity index (χ1v) is 11.4. The summed E-state index contributed by atoms with van der Waals surface area (Å²) in [7, 11) is 0. The van der Waals surface area contributed by atoms with Gasteiger partial charge in [-0.2, -0.15) is 0 Å². The fraction of sp³-hybridized carbons (Fsp3) is 0.435. The minimum absolute atomic E-state index is 0.0197. The lowest BCUT2D eigenvalue weighted by Crippen LogP contribution is -2.28. The van der Waals surface area contributed by atoms with Crippen molar-refractivity contribution in [3.8, 4) is 0 Å². The number of carbonyl (C=O) groups is 1. The topological polar surface area (TPSA) is 59.8 Å². The third kappa shape index (κ3) is 4.47. The maximum Gasteiger partial charge on any atom is 0.230 e. The highest BCUT2D eigenvalue weighted by Crippen LogP contribution is 2.32. The summed E-state index contributed by atoms with van der Waals surface area (Å²) in [5.74, 6) is 1.31. The van der Waals surface area contributed by atoms with E-state index >= 15 is 0 Å². The molecule has 0 radical (unpaired) electrons. The highest BCUT2D eigenvalue weighted by Gasteiger charge is 2.22. The number of carbonyl (C=O) groups excluding carboxylic acids is 1. The number of nitrogens with one attached hydrogen (secondary N) is 1. The van der Waals surface area contributed by atoms with E-state index in [1.165, 1.54) is 54.6 Å². The number of thioether (sulfide) groups is 1. The summed E-state index contributed by atoms with van der Waals surface area (Å²) in [6.45, 7) is 4.05. The van der Waals surface area contributed by atoms with Crippen molar-refractivity contribution in [3.63, 3.8) is 0 Å². The standard InChI is InChI=1S/C23H28N4OS/c1-16(20-14-8-10-18-9-6-7-13-21(18)20)24-22(28)15-29-23-26-25-17(2)27(23)19-11-4-3-5-12-19/h6-10,13-14,16,19H,3-5,11-12,15H2,1-2H3,(H,24,28)/t16-/m0/s1. The second-order valence-corrected chi connectivity index (χ2v) is 8.78. The van der Waals surface area contributed by atoms with Crippen molar-refractivity contribution in [2.45, 2.75) is 63.2 Å². The summed E-state index contributed by atoms with van der Waals surface area (Å²) >= 11 is 1.49. The summed E-state index contributed by atoms with van der Waals surface area (Å²) in [6, 6.07) is 14.9. The van der Waals surface area contributed by atoms with E-state index in [9.17, 15) is 4.79 Å². The van der Waals surface area contributed by atoms with E-state index in [1.54, 1.807) is 0 Å². The maximum absolute atomic E-state index is 12.6. The number of hydrogen-bond acceptors (Lipinski definition) is 4. The van der Waals surface area contributed by atoms with Crippen molar-refractivity contribution < 1.29 is 4.79 Å². The largest absolute Gasteiger partial charge is 0.349 e. The average Bonchev–Trinajstić information content (AvgIpc) is 3.12. The van der Waals surface area contributed by atoms with E-state index in [0.717, 1.165) is 16.5 Å². The Morgan fingerprint density at radius 2 is 1.90 bits per heavy atom. The quantitative estimate of drug-likeness (QED) is 0.569. The van der Waals surface area contributed by atoms with Crippen molar-refractivity contribution in [2.24, 2.45) is 0 Å². The Hall–Kier alpha value is -2.34. The molecule has 0 aliphatic heterocycles. The predicted molar refractivity (Wildman–Crippen MR) is 118 cm³/mol. The molecule has 1 amide bonds. The van der Waals surface area contributed by atoms with Gasteiger partial charge in [0.25, 0.3) is 0 Å². The molecule has 1 aliphatic carbocycles. The molecule has 0 spiro atoms. The predicted octanol–water partition coefficient (Wildman–Crippen LogP) is 5.21. The summed E-state index contributed by atoms with van der Waals surface area (Å²) in [4.78, 5) is 12.6. The van der Waals surface area contributed by atoms with Crippen LogP contribution in [0.3, 0.4) is 0 Å². The zero-order valence-electron chi connectivity index (χ0n) is 17.1. The Morgan fingerprint density at radius 3 is 2.72 bits per heavy atom. The fourth-order valence-electron chi connectivity index (χ4n) is 4.33. The molecule has 29 heavy (non-hydrogen) atoms. The lowest BCUT2D eigenvalue weighted by Gasteiger charge is -2.25. The molecule has 1 N–H and O–H groups in total. The van der Waals surface area contributed by atoms with Crippen LogP contribution in [0.15, 0.2) is 47.6 Å².